The molecule has 0 radical (unpaired) electrons. The topological polar surface area (TPSA) is 193 Å². The molecular weight excluding hydrogens is 745 g/mol. The van der Waals surface area contributed by atoms with Crippen LogP contribution in [0.15, 0.2) is 70.0 Å². The molecule has 0 saturated carbocycles. The predicted octanol–water partition coefficient (Wildman–Crippen LogP) is 6.99. The number of carbonyl (C=O) groups is 1. The number of nitrogens with zero attached hydrogens (tertiary/aromatic N) is 5. The van der Waals surface area contributed by atoms with Gasteiger partial charge in [-0.15, -0.1) is 11.3 Å². The van der Waals surface area contributed by atoms with Gasteiger partial charge in [-0.05, 0) is 108 Å². The highest BCUT2D eigenvalue weighted by atomic mass is 35.5. The zero-order valence-corrected chi connectivity index (χ0v) is 32.9. The number of nitrogens with two attached hydrogens (primary N) is 3. The van der Waals surface area contributed by atoms with Crippen LogP contribution in [0.25, 0.3) is 28.0 Å². The first kappa shape index (κ1) is 39.9. The van der Waals surface area contributed by atoms with E-state index in [-0.39, 0.29) is 29.2 Å². The summed E-state index contributed by atoms with van der Waals surface area (Å²) in [6.07, 6.45) is 6.02. The van der Waals surface area contributed by atoms with Crippen molar-refractivity contribution in [1.29, 1.82) is 0 Å². The number of thiazole rings is 1. The molecule has 16 heteroatoms. The van der Waals surface area contributed by atoms with Crippen LogP contribution >= 0.6 is 22.9 Å². The number of aliphatic imine (C=N–C) groups is 1. The quantitative estimate of drug-likeness (QED) is 0.0761. The van der Waals surface area contributed by atoms with Crippen LogP contribution in [0.4, 0.5) is 14.3 Å². The highest BCUT2D eigenvalue weighted by Gasteiger charge is 2.39. The van der Waals surface area contributed by atoms with Crippen LogP contribution in [0.5, 0.6) is 0 Å². The fourth-order valence-corrected chi connectivity index (χ4v) is 7.70. The number of amides is 1. The van der Waals surface area contributed by atoms with E-state index in [1.165, 1.54) is 15.9 Å². The third-order valence-corrected chi connectivity index (χ3v) is 10.3. The van der Waals surface area contributed by atoms with E-state index in [4.69, 9.17) is 38.3 Å². The van der Waals surface area contributed by atoms with E-state index in [9.17, 15) is 9.59 Å². The molecule has 6 rings (SSSR count). The second-order valence-electron chi connectivity index (χ2n) is 14.9. The minimum Gasteiger partial charge on any atom is -0.443 e. The van der Waals surface area contributed by atoms with E-state index in [0.29, 0.717) is 65.3 Å². The third-order valence-electron chi connectivity index (χ3n) is 9.26. The molecule has 3 aromatic heterocycles. The number of aromatic nitrogens is 4. The Kier molecular flexibility index (Phi) is 12.2. The largest absolute Gasteiger partial charge is 0.443 e. The number of rotatable bonds is 12. The Hall–Kier alpha value is -4.83. The molecule has 1 saturated heterocycles. The van der Waals surface area contributed by atoms with Gasteiger partial charge in [0, 0.05) is 47.4 Å². The average Bonchev–Trinajstić information content (AvgIpc) is 3.79. The van der Waals surface area contributed by atoms with Gasteiger partial charge in [0.05, 0.1) is 28.6 Å². The third kappa shape index (κ3) is 9.89. The highest BCUT2D eigenvalue weighted by molar-refractivity contribution is 7.13. The summed E-state index contributed by atoms with van der Waals surface area (Å²) in [5, 5.41) is 2.99. The Balaban J connectivity index is 1.27. The van der Waals surface area contributed by atoms with E-state index in [2.05, 4.69) is 19.9 Å². The number of hydrogen-bond acceptors (Lipinski definition) is 9. The van der Waals surface area contributed by atoms with Crippen LogP contribution in [-0.2, 0) is 15.9 Å². The summed E-state index contributed by atoms with van der Waals surface area (Å²) < 4.78 is 29.2. The zero-order chi connectivity index (χ0) is 39.4. The average molecular weight is 792 g/mol. The molecule has 1 fully saturated rings. The van der Waals surface area contributed by atoms with Crippen molar-refractivity contribution in [1.82, 2.24) is 19.5 Å². The monoisotopic (exact) mass is 791 g/mol. The number of aromatic amines is 1. The molecule has 0 aliphatic carbocycles. The maximum absolute atomic E-state index is 15.3. The molecule has 5 aromatic rings. The number of fused-ring (bicyclic) bond motifs is 1. The van der Waals surface area contributed by atoms with Gasteiger partial charge in [-0.2, -0.15) is 4.98 Å². The number of anilines is 1. The number of carbonyl (C=O) groups excluding carboxylic acids is 1. The summed E-state index contributed by atoms with van der Waals surface area (Å²) in [4.78, 5) is 44.5. The summed E-state index contributed by atoms with van der Waals surface area (Å²) >= 11 is 7.66. The van der Waals surface area contributed by atoms with Crippen molar-refractivity contribution in [3.8, 4) is 16.9 Å². The Morgan fingerprint density at radius 1 is 1.22 bits per heavy atom. The number of guanidine groups is 1. The van der Waals surface area contributed by atoms with Crippen LogP contribution in [0.3, 0.4) is 0 Å². The maximum Gasteiger partial charge on any atom is 0.416 e. The van der Waals surface area contributed by atoms with Gasteiger partial charge in [0.15, 0.2) is 16.9 Å². The lowest BCUT2D eigenvalue weighted by Gasteiger charge is -2.40. The lowest BCUT2D eigenvalue weighted by molar-refractivity contribution is -0.0617. The van der Waals surface area contributed by atoms with Crippen molar-refractivity contribution in [3.05, 3.63) is 92.7 Å². The summed E-state index contributed by atoms with van der Waals surface area (Å²) in [6.45, 7) is 7.78. The second-order valence-corrected chi connectivity index (χ2v) is 16.2. The fourth-order valence-electron chi connectivity index (χ4n) is 6.76. The predicted molar refractivity (Wildman–Crippen MR) is 215 cm³/mol. The Bertz CT molecular complexity index is 2200. The van der Waals surface area contributed by atoms with Crippen molar-refractivity contribution >= 4 is 51.2 Å². The number of benzene rings is 2. The molecule has 1 amide bonds. The summed E-state index contributed by atoms with van der Waals surface area (Å²) in [7, 11) is 0. The standard InChI is InChI=1S/C39H47ClFN9O4S/c1-22(42)6-5-7-23-16-29(33(41)30(40)17-23)31-18-25-21-49(36(51)48-34(25)47-31)26-10-8-24(9-11-26)32-20-27(19-28(53-32)12-13-45-35(43)44)50(37-46-14-15-55-37)38(52)54-39(2,3)4/h8-11,14-18,21-22,27-28,32H,5-7,12-13,19-20,42H2,1-4H3,(H4,43,44,45)(H,47,48,51)/t22-,27-,28+,32-/m0/s1. The minimum atomic E-state index is -0.712. The first-order chi connectivity index (χ1) is 26.1. The Morgan fingerprint density at radius 2 is 1.98 bits per heavy atom. The SMILES string of the molecule is C[C@H](N)CCCc1cc(Cl)c(F)c(-c2cc3cn(-c4ccc([C@@H]5C[C@@H](N(C(=O)OC(C)(C)C)c6nccs6)C[C@@H](CCN=C(N)N)O5)cc4)c(=O)nc3[nH]2)c1. The maximum atomic E-state index is 15.3. The second kappa shape index (κ2) is 16.9. The fraction of sp³-hybridized carbons (Fsp3) is 0.410. The zero-order valence-electron chi connectivity index (χ0n) is 31.3. The molecule has 1 aliphatic rings. The number of nitrogens with one attached hydrogen (secondary N) is 1. The normalized spacial score (nSPS) is 17.9. The van der Waals surface area contributed by atoms with Gasteiger partial charge in [-0.25, -0.2) is 23.9 Å². The van der Waals surface area contributed by atoms with E-state index in [1.807, 2.05) is 57.3 Å². The van der Waals surface area contributed by atoms with Crippen LogP contribution in [0.2, 0.25) is 5.02 Å². The van der Waals surface area contributed by atoms with Crippen molar-refractivity contribution < 1.29 is 18.7 Å². The Labute approximate surface area is 327 Å². The van der Waals surface area contributed by atoms with Crippen molar-refractivity contribution in [2.24, 2.45) is 22.2 Å². The van der Waals surface area contributed by atoms with Gasteiger partial charge in [-0.1, -0.05) is 23.7 Å². The van der Waals surface area contributed by atoms with E-state index in [0.717, 1.165) is 24.0 Å². The van der Waals surface area contributed by atoms with Gasteiger partial charge in [0.25, 0.3) is 0 Å². The Morgan fingerprint density at radius 3 is 2.65 bits per heavy atom. The molecule has 4 atom stereocenters. The van der Waals surface area contributed by atoms with E-state index >= 15 is 4.39 Å². The number of H-pyrrole nitrogens is 1. The number of hydrogen-bond donors (Lipinski definition) is 4. The van der Waals surface area contributed by atoms with Crippen LogP contribution in [-0.4, -0.2) is 61.9 Å². The number of aryl methyl sites for hydroxylation is 1. The van der Waals surface area contributed by atoms with Crippen LogP contribution < -0.4 is 27.8 Å². The van der Waals surface area contributed by atoms with Gasteiger partial charge >= 0.3 is 11.8 Å². The van der Waals surface area contributed by atoms with E-state index in [1.54, 1.807) is 35.5 Å². The highest BCUT2D eigenvalue weighted by Crippen LogP contribution is 2.38. The molecule has 2 aromatic carbocycles. The molecule has 4 heterocycles. The molecule has 292 valence electrons. The molecule has 0 bridgehead atoms. The van der Waals surface area contributed by atoms with Crippen molar-refractivity contribution in [2.45, 2.75) is 96.1 Å². The summed E-state index contributed by atoms with van der Waals surface area (Å²) in [5.74, 6) is -0.563. The lowest BCUT2D eigenvalue weighted by Crippen LogP contribution is -2.48. The molecule has 0 spiro atoms. The van der Waals surface area contributed by atoms with E-state index < -0.39 is 29.3 Å². The molecule has 7 N–H and O–H groups in total. The van der Waals surface area contributed by atoms with Crippen LogP contribution in [0, 0.1) is 5.82 Å². The van der Waals surface area contributed by atoms with Crippen molar-refractivity contribution in [2.75, 3.05) is 11.4 Å². The van der Waals surface area contributed by atoms with Gasteiger partial charge in [0.1, 0.15) is 11.2 Å². The molecule has 0 unspecified atom stereocenters. The molecule has 55 heavy (non-hydrogen) atoms. The van der Waals surface area contributed by atoms with Crippen molar-refractivity contribution in [3.63, 3.8) is 0 Å². The first-order valence-electron chi connectivity index (χ1n) is 18.2. The van der Waals surface area contributed by atoms with Gasteiger partial charge in [0.2, 0.25) is 0 Å². The lowest BCUT2D eigenvalue weighted by atomic mass is 9.92. The molecule has 1 aliphatic heterocycles. The van der Waals surface area contributed by atoms with Gasteiger partial charge < -0.3 is 31.7 Å². The summed E-state index contributed by atoms with van der Waals surface area (Å²) in [5.41, 5.74) is 19.3. The van der Waals surface area contributed by atoms with Crippen LogP contribution in [0.1, 0.15) is 77.0 Å². The molecule has 13 nitrogen and oxygen atoms in total. The minimum absolute atomic E-state index is 0.00835. The number of halogens is 2. The van der Waals surface area contributed by atoms with Gasteiger partial charge in [-0.3, -0.25) is 9.56 Å². The summed E-state index contributed by atoms with van der Waals surface area (Å²) in [6, 6.07) is 12.3. The molecular formula is C39H47ClFN9O4S. The number of ether oxygens (including phenoxy) is 2. The first-order valence-corrected chi connectivity index (χ1v) is 19.5. The smallest absolute Gasteiger partial charge is 0.416 e.